The van der Waals surface area contributed by atoms with Gasteiger partial charge in [-0.3, -0.25) is 0 Å². The van der Waals surface area contributed by atoms with E-state index in [1.807, 2.05) is 32.9 Å². The maximum absolute atomic E-state index is 13.6. The molecule has 0 bridgehead atoms. The topological polar surface area (TPSA) is 24.1 Å². The molecular weight excluding hydrogens is 302 g/mol. The summed E-state index contributed by atoms with van der Waals surface area (Å²) in [5, 5.41) is 5.80. The van der Waals surface area contributed by atoms with Crippen molar-refractivity contribution in [2.75, 3.05) is 5.32 Å². The standard InChI is InChI=1S/C17H18F2N2S/c1-10-7-8-13(11(2)9-10)12(3)20-17(22)21-16-14(18)5-4-6-15(16)19/h4-9,12H,1-3H3,(H2,20,21,22)/t12-/m0/s1. The summed E-state index contributed by atoms with van der Waals surface area (Å²) in [6.07, 6.45) is 0. The van der Waals surface area contributed by atoms with Crippen LogP contribution in [0.1, 0.15) is 29.7 Å². The number of anilines is 1. The first-order valence-electron chi connectivity index (χ1n) is 6.97. The highest BCUT2D eigenvalue weighted by atomic mass is 32.1. The van der Waals surface area contributed by atoms with Crippen molar-refractivity contribution in [1.29, 1.82) is 0 Å². The van der Waals surface area contributed by atoms with Crippen molar-refractivity contribution < 1.29 is 8.78 Å². The average Bonchev–Trinajstić information content (AvgIpc) is 2.42. The third-order valence-electron chi connectivity index (χ3n) is 3.44. The Balaban J connectivity index is 2.08. The van der Waals surface area contributed by atoms with E-state index < -0.39 is 11.6 Å². The first kappa shape index (κ1) is 16.4. The number of halogens is 2. The van der Waals surface area contributed by atoms with Gasteiger partial charge in [-0.25, -0.2) is 8.78 Å². The fourth-order valence-electron chi connectivity index (χ4n) is 2.35. The van der Waals surface area contributed by atoms with Crippen molar-refractivity contribution in [1.82, 2.24) is 5.32 Å². The van der Waals surface area contributed by atoms with Gasteiger partial charge in [-0.2, -0.15) is 0 Å². The molecule has 22 heavy (non-hydrogen) atoms. The second-order valence-electron chi connectivity index (χ2n) is 5.28. The number of thiocarbonyl (C=S) groups is 1. The van der Waals surface area contributed by atoms with E-state index in [1.165, 1.54) is 23.8 Å². The van der Waals surface area contributed by atoms with Crippen molar-refractivity contribution in [3.63, 3.8) is 0 Å². The molecule has 2 nitrogen and oxygen atoms in total. The third-order valence-corrected chi connectivity index (χ3v) is 3.66. The number of aryl methyl sites for hydroxylation is 2. The van der Waals surface area contributed by atoms with E-state index in [2.05, 4.69) is 16.7 Å². The first-order valence-corrected chi connectivity index (χ1v) is 7.38. The number of benzene rings is 2. The van der Waals surface area contributed by atoms with Gasteiger partial charge in [0.25, 0.3) is 0 Å². The van der Waals surface area contributed by atoms with Crippen LogP contribution in [0.15, 0.2) is 36.4 Å². The SMILES string of the molecule is Cc1ccc([C@H](C)NC(=S)Nc2c(F)cccc2F)c(C)c1. The molecule has 0 fully saturated rings. The van der Waals surface area contributed by atoms with Crippen LogP contribution in [0.25, 0.3) is 0 Å². The van der Waals surface area contributed by atoms with Crippen molar-refractivity contribution in [3.8, 4) is 0 Å². The largest absolute Gasteiger partial charge is 0.356 e. The summed E-state index contributed by atoms with van der Waals surface area (Å²) in [7, 11) is 0. The lowest BCUT2D eigenvalue weighted by Gasteiger charge is -2.19. The smallest absolute Gasteiger partial charge is 0.171 e. The Hall–Kier alpha value is -2.01. The van der Waals surface area contributed by atoms with Crippen molar-refractivity contribution in [2.45, 2.75) is 26.8 Å². The maximum Gasteiger partial charge on any atom is 0.171 e. The van der Waals surface area contributed by atoms with Crippen LogP contribution < -0.4 is 10.6 Å². The Morgan fingerprint density at radius 3 is 2.32 bits per heavy atom. The van der Waals surface area contributed by atoms with Gasteiger partial charge >= 0.3 is 0 Å². The second-order valence-corrected chi connectivity index (χ2v) is 5.69. The minimum absolute atomic E-state index is 0.0737. The van der Waals surface area contributed by atoms with E-state index in [-0.39, 0.29) is 16.8 Å². The van der Waals surface area contributed by atoms with Crippen LogP contribution in [0.4, 0.5) is 14.5 Å². The van der Waals surface area contributed by atoms with Gasteiger partial charge in [0.15, 0.2) is 5.11 Å². The van der Waals surface area contributed by atoms with Gasteiger partial charge in [0.05, 0.1) is 6.04 Å². The summed E-state index contributed by atoms with van der Waals surface area (Å²) in [6.45, 7) is 6.00. The molecule has 5 heteroatoms. The van der Waals surface area contributed by atoms with Crippen LogP contribution in [0, 0.1) is 25.5 Å². The van der Waals surface area contributed by atoms with Crippen LogP contribution in [-0.4, -0.2) is 5.11 Å². The maximum atomic E-state index is 13.6. The zero-order valence-electron chi connectivity index (χ0n) is 12.7. The predicted molar refractivity (Wildman–Crippen MR) is 90.0 cm³/mol. The molecule has 0 radical (unpaired) electrons. The van der Waals surface area contributed by atoms with Gasteiger partial charge in [-0.05, 0) is 56.2 Å². The summed E-state index contributed by atoms with van der Waals surface area (Å²) in [4.78, 5) is 0. The Morgan fingerprint density at radius 1 is 1.09 bits per heavy atom. The fourth-order valence-corrected chi connectivity index (χ4v) is 2.63. The molecule has 0 aliphatic heterocycles. The van der Waals surface area contributed by atoms with Crippen molar-refractivity contribution in [3.05, 3.63) is 64.7 Å². The van der Waals surface area contributed by atoms with Crippen LogP contribution >= 0.6 is 12.2 Å². The number of hydrogen-bond donors (Lipinski definition) is 2. The van der Waals surface area contributed by atoms with Gasteiger partial charge in [-0.1, -0.05) is 29.8 Å². The van der Waals surface area contributed by atoms with Gasteiger partial charge in [0, 0.05) is 0 Å². The van der Waals surface area contributed by atoms with Crippen LogP contribution in [0.5, 0.6) is 0 Å². The molecule has 2 N–H and O–H groups in total. The Kier molecular flexibility index (Phi) is 5.08. The first-order chi connectivity index (χ1) is 10.4. The summed E-state index contributed by atoms with van der Waals surface area (Å²) in [5.41, 5.74) is 3.17. The molecule has 0 aliphatic rings. The minimum Gasteiger partial charge on any atom is -0.356 e. The molecule has 2 aromatic carbocycles. The highest BCUT2D eigenvalue weighted by Gasteiger charge is 2.13. The molecule has 2 aromatic rings. The zero-order chi connectivity index (χ0) is 16.3. The Morgan fingerprint density at radius 2 is 1.73 bits per heavy atom. The Labute approximate surface area is 134 Å². The third kappa shape index (κ3) is 3.80. The van der Waals surface area contributed by atoms with Gasteiger partial charge in [0.2, 0.25) is 0 Å². The van der Waals surface area contributed by atoms with E-state index in [1.54, 1.807) is 0 Å². The summed E-state index contributed by atoms with van der Waals surface area (Å²) in [5.74, 6) is -1.35. The number of para-hydroxylation sites is 1. The number of nitrogens with one attached hydrogen (secondary N) is 2. The fraction of sp³-hybridized carbons (Fsp3) is 0.235. The lowest BCUT2D eigenvalue weighted by molar-refractivity contribution is 0.590. The second kappa shape index (κ2) is 6.83. The molecule has 116 valence electrons. The number of rotatable bonds is 3. The summed E-state index contributed by atoms with van der Waals surface area (Å²) >= 11 is 5.15. The molecule has 0 heterocycles. The molecule has 0 amide bonds. The minimum atomic E-state index is -0.677. The zero-order valence-corrected chi connectivity index (χ0v) is 13.5. The van der Waals surface area contributed by atoms with Gasteiger partial charge in [-0.15, -0.1) is 0 Å². The summed E-state index contributed by atoms with van der Waals surface area (Å²) in [6, 6.07) is 9.73. The molecule has 0 aromatic heterocycles. The van der Waals surface area contributed by atoms with Gasteiger partial charge < -0.3 is 10.6 Å². The van der Waals surface area contributed by atoms with Crippen molar-refractivity contribution in [2.24, 2.45) is 0 Å². The Bertz CT molecular complexity index is 681. The predicted octanol–water partition coefficient (Wildman–Crippen LogP) is 4.63. The molecular formula is C17H18F2N2S. The highest BCUT2D eigenvalue weighted by Crippen LogP contribution is 2.20. The van der Waals surface area contributed by atoms with E-state index in [0.29, 0.717) is 0 Å². The van der Waals surface area contributed by atoms with E-state index in [0.717, 1.165) is 11.1 Å². The van der Waals surface area contributed by atoms with Crippen LogP contribution in [0.3, 0.4) is 0 Å². The van der Waals surface area contributed by atoms with E-state index in [9.17, 15) is 8.78 Å². The summed E-state index contributed by atoms with van der Waals surface area (Å²) < 4.78 is 27.2. The van der Waals surface area contributed by atoms with Crippen LogP contribution in [-0.2, 0) is 0 Å². The van der Waals surface area contributed by atoms with E-state index in [4.69, 9.17) is 12.2 Å². The molecule has 0 aliphatic carbocycles. The average molecular weight is 320 g/mol. The van der Waals surface area contributed by atoms with Gasteiger partial charge in [0.1, 0.15) is 17.3 Å². The quantitative estimate of drug-likeness (QED) is 0.806. The molecule has 1 atom stereocenters. The molecule has 0 unspecified atom stereocenters. The highest BCUT2D eigenvalue weighted by molar-refractivity contribution is 7.80. The van der Waals surface area contributed by atoms with E-state index >= 15 is 0 Å². The molecule has 0 saturated heterocycles. The molecule has 0 spiro atoms. The van der Waals surface area contributed by atoms with Crippen LogP contribution in [0.2, 0.25) is 0 Å². The lowest BCUT2D eigenvalue weighted by Crippen LogP contribution is -2.31. The molecule has 2 rings (SSSR count). The van der Waals surface area contributed by atoms with Crippen molar-refractivity contribution >= 4 is 23.0 Å². The number of hydrogen-bond acceptors (Lipinski definition) is 1. The lowest BCUT2D eigenvalue weighted by atomic mass is 10.0. The molecule has 0 saturated carbocycles. The normalized spacial score (nSPS) is 11.9. The monoisotopic (exact) mass is 320 g/mol.